The second-order valence-electron chi connectivity index (χ2n) is 5.87. The summed E-state index contributed by atoms with van der Waals surface area (Å²) in [5, 5.41) is 8.80. The lowest BCUT2D eigenvalue weighted by Gasteiger charge is -2.32. The average Bonchev–Trinajstić information content (AvgIpc) is 2.55. The summed E-state index contributed by atoms with van der Waals surface area (Å²) in [5.74, 6) is -1.04. The largest absolute Gasteiger partial charge is 0.481 e. The van der Waals surface area contributed by atoms with Gasteiger partial charge in [0, 0.05) is 39.0 Å². The van der Waals surface area contributed by atoms with Crippen LogP contribution in [0, 0.1) is 5.92 Å². The van der Waals surface area contributed by atoms with Gasteiger partial charge in [-0.2, -0.15) is 4.31 Å². The van der Waals surface area contributed by atoms with Crippen molar-refractivity contribution in [3.8, 4) is 0 Å². The second-order valence-corrected chi connectivity index (χ2v) is 7.92. The summed E-state index contributed by atoms with van der Waals surface area (Å²) in [6.07, 6.45) is 4.07. The molecule has 0 aliphatic carbocycles. The van der Waals surface area contributed by atoms with Gasteiger partial charge in [-0.05, 0) is 30.9 Å². The lowest BCUT2D eigenvalue weighted by molar-refractivity contribution is -0.138. The van der Waals surface area contributed by atoms with Crippen LogP contribution in [-0.2, 0) is 19.6 Å². The van der Waals surface area contributed by atoms with E-state index in [1.165, 1.54) is 31.6 Å². The zero-order valence-corrected chi connectivity index (χ0v) is 14.3. The van der Waals surface area contributed by atoms with E-state index in [1.54, 1.807) is 4.90 Å². The van der Waals surface area contributed by atoms with Crippen LogP contribution in [0.15, 0.2) is 29.4 Å². The van der Waals surface area contributed by atoms with Crippen LogP contribution in [0.3, 0.4) is 0 Å². The molecule has 1 aliphatic heterocycles. The number of sulfonamides is 1. The number of likely N-dealkylation sites (N-methyl/N-ethyl adjacent to an activating group) is 1. The summed E-state index contributed by atoms with van der Waals surface area (Å²) in [4.78, 5) is 28.4. The molecular formula is C15H21N3O5S. The van der Waals surface area contributed by atoms with Crippen LogP contribution in [0.25, 0.3) is 0 Å². The molecule has 0 atom stereocenters. The van der Waals surface area contributed by atoms with Gasteiger partial charge in [-0.3, -0.25) is 14.6 Å². The first-order valence-electron chi connectivity index (χ1n) is 7.66. The van der Waals surface area contributed by atoms with Gasteiger partial charge >= 0.3 is 5.97 Å². The Labute approximate surface area is 141 Å². The highest BCUT2D eigenvalue weighted by molar-refractivity contribution is 7.89. The number of carboxylic acid groups (broad SMARTS) is 1. The zero-order valence-electron chi connectivity index (χ0n) is 13.5. The van der Waals surface area contributed by atoms with Gasteiger partial charge in [0.2, 0.25) is 15.9 Å². The Morgan fingerprint density at radius 3 is 2.58 bits per heavy atom. The summed E-state index contributed by atoms with van der Waals surface area (Å²) < 4.78 is 25.8. The molecule has 1 saturated heterocycles. The molecule has 0 unspecified atom stereocenters. The summed E-state index contributed by atoms with van der Waals surface area (Å²) in [5.41, 5.74) is 0. The normalized spacial score (nSPS) is 16.3. The van der Waals surface area contributed by atoms with Crippen molar-refractivity contribution in [1.29, 1.82) is 0 Å². The third kappa shape index (κ3) is 4.51. The molecule has 0 saturated carbocycles. The van der Waals surface area contributed by atoms with E-state index in [0.717, 1.165) is 4.31 Å². The van der Waals surface area contributed by atoms with Crippen molar-refractivity contribution in [2.75, 3.05) is 26.7 Å². The number of likely N-dealkylation sites (tertiary alicyclic amines) is 1. The number of carbonyl (C=O) groups is 2. The van der Waals surface area contributed by atoms with Crippen molar-refractivity contribution in [3.63, 3.8) is 0 Å². The first-order valence-corrected chi connectivity index (χ1v) is 9.10. The summed E-state index contributed by atoms with van der Waals surface area (Å²) >= 11 is 0. The van der Waals surface area contributed by atoms with Crippen molar-refractivity contribution in [1.82, 2.24) is 14.2 Å². The van der Waals surface area contributed by atoms with Crippen LogP contribution in [0.4, 0.5) is 0 Å². The molecule has 1 aromatic heterocycles. The first-order chi connectivity index (χ1) is 11.3. The average molecular weight is 355 g/mol. The van der Waals surface area contributed by atoms with E-state index in [-0.39, 0.29) is 29.7 Å². The van der Waals surface area contributed by atoms with E-state index >= 15 is 0 Å². The molecule has 1 aliphatic rings. The van der Waals surface area contributed by atoms with Crippen molar-refractivity contribution >= 4 is 21.9 Å². The highest BCUT2D eigenvalue weighted by atomic mass is 32.2. The number of hydrogen-bond acceptors (Lipinski definition) is 5. The number of hydrogen-bond donors (Lipinski definition) is 1. The number of rotatable bonds is 6. The van der Waals surface area contributed by atoms with Crippen LogP contribution < -0.4 is 0 Å². The molecule has 132 valence electrons. The molecule has 2 rings (SSSR count). The number of pyridine rings is 1. The van der Waals surface area contributed by atoms with Gasteiger partial charge in [-0.25, -0.2) is 8.42 Å². The summed E-state index contributed by atoms with van der Waals surface area (Å²) in [6.45, 7) is 0.663. The van der Waals surface area contributed by atoms with Gasteiger partial charge in [0.1, 0.15) is 4.90 Å². The maximum Gasteiger partial charge on any atom is 0.303 e. The predicted octanol–water partition coefficient (Wildman–Crippen LogP) is 0.415. The van der Waals surface area contributed by atoms with Crippen molar-refractivity contribution in [2.45, 2.75) is 24.2 Å². The van der Waals surface area contributed by atoms with Crippen LogP contribution in [-0.4, -0.2) is 66.3 Å². The van der Waals surface area contributed by atoms with E-state index in [1.807, 2.05) is 0 Å². The van der Waals surface area contributed by atoms with Gasteiger partial charge in [0.05, 0.1) is 6.54 Å². The molecule has 24 heavy (non-hydrogen) atoms. The predicted molar refractivity (Wildman–Crippen MR) is 85.6 cm³/mol. The van der Waals surface area contributed by atoms with E-state index in [0.29, 0.717) is 25.9 Å². The van der Waals surface area contributed by atoms with Crippen molar-refractivity contribution < 1.29 is 23.1 Å². The quantitative estimate of drug-likeness (QED) is 0.792. The number of aliphatic carboxylic acids is 1. The van der Waals surface area contributed by atoms with Crippen molar-refractivity contribution in [3.05, 3.63) is 24.5 Å². The van der Waals surface area contributed by atoms with Gasteiger partial charge in [-0.15, -0.1) is 0 Å². The highest BCUT2D eigenvalue weighted by Gasteiger charge is 2.28. The van der Waals surface area contributed by atoms with E-state index in [2.05, 4.69) is 4.98 Å². The van der Waals surface area contributed by atoms with E-state index in [4.69, 9.17) is 5.11 Å². The Hall–Kier alpha value is -2.00. The molecule has 2 heterocycles. The summed E-state index contributed by atoms with van der Waals surface area (Å²) in [6, 6.07) is 2.95. The Morgan fingerprint density at radius 2 is 2.04 bits per heavy atom. The number of nitrogens with zero attached hydrogens (tertiary/aromatic N) is 3. The SMILES string of the molecule is CN(CC(=O)N1CCC(CC(=O)O)CC1)S(=O)(=O)c1cccnc1. The number of aromatic nitrogens is 1. The standard InChI is InChI=1S/C15H21N3O5S/c1-17(24(22,23)13-3-2-6-16-10-13)11-14(19)18-7-4-12(5-8-18)9-15(20)21/h2-3,6,10,12H,4-5,7-9,11H2,1H3,(H,20,21). The molecule has 1 fully saturated rings. The van der Waals surface area contributed by atoms with Gasteiger partial charge < -0.3 is 10.0 Å². The van der Waals surface area contributed by atoms with Crippen LogP contribution in [0.5, 0.6) is 0 Å². The second kappa shape index (κ2) is 7.71. The van der Waals surface area contributed by atoms with Gasteiger partial charge in [-0.1, -0.05) is 0 Å². The van der Waals surface area contributed by atoms with E-state index < -0.39 is 16.0 Å². The smallest absolute Gasteiger partial charge is 0.303 e. The Bertz CT molecular complexity index is 684. The molecule has 0 spiro atoms. The zero-order chi connectivity index (χ0) is 17.7. The minimum Gasteiger partial charge on any atom is -0.481 e. The maximum absolute atomic E-state index is 12.4. The molecule has 0 aromatic carbocycles. The van der Waals surface area contributed by atoms with Crippen LogP contribution >= 0.6 is 0 Å². The van der Waals surface area contributed by atoms with Crippen molar-refractivity contribution in [2.24, 2.45) is 5.92 Å². The molecule has 8 nitrogen and oxygen atoms in total. The molecule has 0 bridgehead atoms. The molecule has 9 heteroatoms. The molecular weight excluding hydrogens is 334 g/mol. The number of carboxylic acids is 1. The minimum atomic E-state index is -3.75. The molecule has 1 aromatic rings. The molecule has 0 radical (unpaired) electrons. The number of carbonyl (C=O) groups excluding carboxylic acids is 1. The Balaban J connectivity index is 1.92. The third-order valence-electron chi connectivity index (χ3n) is 4.13. The summed E-state index contributed by atoms with van der Waals surface area (Å²) in [7, 11) is -2.40. The minimum absolute atomic E-state index is 0.0421. The fourth-order valence-electron chi connectivity index (χ4n) is 2.69. The monoisotopic (exact) mass is 355 g/mol. The topological polar surface area (TPSA) is 108 Å². The number of piperidine rings is 1. The third-order valence-corrected chi connectivity index (χ3v) is 5.92. The fourth-order valence-corrected chi connectivity index (χ4v) is 3.77. The number of amides is 1. The lowest BCUT2D eigenvalue weighted by Crippen LogP contribution is -2.44. The molecule has 1 N–H and O–H groups in total. The lowest BCUT2D eigenvalue weighted by atomic mass is 9.93. The fraction of sp³-hybridized carbons (Fsp3) is 0.533. The van der Waals surface area contributed by atoms with Gasteiger partial charge in [0.25, 0.3) is 0 Å². The maximum atomic E-state index is 12.4. The first kappa shape index (κ1) is 18.3. The Morgan fingerprint density at radius 1 is 1.38 bits per heavy atom. The van der Waals surface area contributed by atoms with Crippen LogP contribution in [0.2, 0.25) is 0 Å². The van der Waals surface area contributed by atoms with Crippen LogP contribution in [0.1, 0.15) is 19.3 Å². The highest BCUT2D eigenvalue weighted by Crippen LogP contribution is 2.21. The van der Waals surface area contributed by atoms with E-state index in [9.17, 15) is 18.0 Å². The van der Waals surface area contributed by atoms with Gasteiger partial charge in [0.15, 0.2) is 0 Å². The Kier molecular flexibility index (Phi) is 5.89. The molecule has 1 amide bonds.